The SMILES string of the molecule is CCCCCCC(C)Nc1nc(N)nc(-n2ccnc2)n1. The Bertz CT molecular complexity index is 538. The first-order valence-corrected chi connectivity index (χ1v) is 7.45. The Kier molecular flexibility index (Phi) is 5.48. The van der Waals surface area contributed by atoms with Gasteiger partial charge in [0.25, 0.3) is 0 Å². The van der Waals surface area contributed by atoms with Crippen LogP contribution in [-0.4, -0.2) is 30.5 Å². The van der Waals surface area contributed by atoms with E-state index in [0.717, 1.165) is 6.42 Å². The molecule has 2 aromatic heterocycles. The van der Waals surface area contributed by atoms with Crippen LogP contribution in [0.2, 0.25) is 0 Å². The van der Waals surface area contributed by atoms with E-state index in [1.165, 1.54) is 25.7 Å². The fourth-order valence-corrected chi connectivity index (χ4v) is 2.11. The van der Waals surface area contributed by atoms with Crippen LogP contribution in [0.3, 0.4) is 0 Å². The highest BCUT2D eigenvalue weighted by Gasteiger charge is 2.08. The highest BCUT2D eigenvalue weighted by atomic mass is 15.3. The van der Waals surface area contributed by atoms with Crippen molar-refractivity contribution in [3.05, 3.63) is 18.7 Å². The van der Waals surface area contributed by atoms with Gasteiger partial charge in [-0.3, -0.25) is 4.57 Å². The molecule has 2 heterocycles. The third kappa shape index (κ3) is 4.70. The molecule has 0 fully saturated rings. The molecule has 0 saturated carbocycles. The van der Waals surface area contributed by atoms with E-state index >= 15 is 0 Å². The minimum Gasteiger partial charge on any atom is -0.368 e. The smallest absolute Gasteiger partial charge is 0.241 e. The molecule has 21 heavy (non-hydrogen) atoms. The standard InChI is InChI=1S/C14H23N7/c1-3-4-5-6-7-11(2)17-13-18-12(15)19-14(20-13)21-9-8-16-10-21/h8-11H,3-7H2,1-2H3,(H3,15,17,18,19,20). The van der Waals surface area contributed by atoms with Gasteiger partial charge in [-0.05, 0) is 13.3 Å². The van der Waals surface area contributed by atoms with Crippen molar-refractivity contribution >= 4 is 11.9 Å². The van der Waals surface area contributed by atoms with E-state index in [1.807, 2.05) is 0 Å². The van der Waals surface area contributed by atoms with Gasteiger partial charge >= 0.3 is 0 Å². The van der Waals surface area contributed by atoms with Crippen molar-refractivity contribution in [1.82, 2.24) is 24.5 Å². The monoisotopic (exact) mass is 289 g/mol. The molecule has 0 amide bonds. The quantitative estimate of drug-likeness (QED) is 0.725. The number of aromatic nitrogens is 5. The summed E-state index contributed by atoms with van der Waals surface area (Å²) < 4.78 is 1.70. The van der Waals surface area contributed by atoms with Crippen LogP contribution in [0.1, 0.15) is 46.0 Å². The normalized spacial score (nSPS) is 12.3. The van der Waals surface area contributed by atoms with Crippen LogP contribution in [0.25, 0.3) is 5.95 Å². The van der Waals surface area contributed by atoms with Gasteiger partial charge in [0.1, 0.15) is 6.33 Å². The fraction of sp³-hybridized carbons (Fsp3) is 0.571. The van der Waals surface area contributed by atoms with E-state index in [0.29, 0.717) is 17.9 Å². The molecular weight excluding hydrogens is 266 g/mol. The van der Waals surface area contributed by atoms with Crippen LogP contribution in [0, 0.1) is 0 Å². The van der Waals surface area contributed by atoms with E-state index in [2.05, 4.69) is 39.1 Å². The molecule has 7 nitrogen and oxygen atoms in total. The minimum absolute atomic E-state index is 0.203. The van der Waals surface area contributed by atoms with Crippen molar-refractivity contribution in [3.8, 4) is 5.95 Å². The lowest BCUT2D eigenvalue weighted by Gasteiger charge is -2.14. The summed E-state index contributed by atoms with van der Waals surface area (Å²) in [5.41, 5.74) is 5.74. The first-order chi connectivity index (χ1) is 10.2. The highest BCUT2D eigenvalue weighted by Crippen LogP contribution is 2.11. The maximum Gasteiger partial charge on any atom is 0.241 e. The van der Waals surface area contributed by atoms with Gasteiger partial charge in [-0.25, -0.2) is 4.98 Å². The number of hydrogen-bond acceptors (Lipinski definition) is 6. The maximum absolute atomic E-state index is 5.74. The van der Waals surface area contributed by atoms with Gasteiger partial charge in [0.05, 0.1) is 0 Å². The van der Waals surface area contributed by atoms with Crippen LogP contribution in [-0.2, 0) is 0 Å². The van der Waals surface area contributed by atoms with Crippen molar-refractivity contribution in [2.45, 2.75) is 52.0 Å². The van der Waals surface area contributed by atoms with Crippen LogP contribution in [0.4, 0.5) is 11.9 Å². The predicted molar refractivity (Wildman–Crippen MR) is 83.2 cm³/mol. The van der Waals surface area contributed by atoms with E-state index in [4.69, 9.17) is 5.73 Å². The second-order valence-electron chi connectivity index (χ2n) is 5.18. The average molecular weight is 289 g/mol. The van der Waals surface area contributed by atoms with Crippen molar-refractivity contribution < 1.29 is 0 Å². The van der Waals surface area contributed by atoms with Gasteiger partial charge < -0.3 is 11.1 Å². The van der Waals surface area contributed by atoms with Crippen LogP contribution in [0.5, 0.6) is 0 Å². The van der Waals surface area contributed by atoms with Crippen molar-refractivity contribution in [2.24, 2.45) is 0 Å². The molecular formula is C14H23N7. The van der Waals surface area contributed by atoms with Crippen LogP contribution >= 0.6 is 0 Å². The first kappa shape index (κ1) is 15.2. The number of hydrogen-bond donors (Lipinski definition) is 2. The molecule has 2 aromatic rings. The fourth-order valence-electron chi connectivity index (χ4n) is 2.11. The van der Waals surface area contributed by atoms with Crippen LogP contribution < -0.4 is 11.1 Å². The number of nitrogens with zero attached hydrogens (tertiary/aromatic N) is 5. The zero-order chi connectivity index (χ0) is 15.1. The lowest BCUT2D eigenvalue weighted by atomic mass is 10.1. The van der Waals surface area contributed by atoms with Gasteiger partial charge in [-0.15, -0.1) is 0 Å². The van der Waals surface area contributed by atoms with Crippen molar-refractivity contribution in [1.29, 1.82) is 0 Å². The number of anilines is 2. The molecule has 0 radical (unpaired) electrons. The van der Waals surface area contributed by atoms with E-state index in [-0.39, 0.29) is 5.95 Å². The number of nitrogen functional groups attached to an aromatic ring is 1. The third-order valence-corrected chi connectivity index (χ3v) is 3.24. The molecule has 0 spiro atoms. The summed E-state index contributed by atoms with van der Waals surface area (Å²) in [4.78, 5) is 16.6. The number of nitrogens with one attached hydrogen (secondary N) is 1. The number of nitrogens with two attached hydrogens (primary N) is 1. The predicted octanol–water partition coefficient (Wildman–Crippen LogP) is 2.41. The Morgan fingerprint density at radius 3 is 2.81 bits per heavy atom. The Hall–Kier alpha value is -2.18. The summed E-state index contributed by atoms with van der Waals surface area (Å²) in [5, 5.41) is 3.29. The molecule has 0 saturated heterocycles. The summed E-state index contributed by atoms with van der Waals surface area (Å²) in [5.74, 6) is 1.18. The van der Waals surface area contributed by atoms with E-state index < -0.39 is 0 Å². The third-order valence-electron chi connectivity index (χ3n) is 3.24. The molecule has 7 heteroatoms. The summed E-state index contributed by atoms with van der Waals surface area (Å²) in [7, 11) is 0. The summed E-state index contributed by atoms with van der Waals surface area (Å²) in [6.07, 6.45) is 11.2. The molecule has 114 valence electrons. The molecule has 0 aliphatic rings. The van der Waals surface area contributed by atoms with Gasteiger partial charge in [-0.2, -0.15) is 15.0 Å². The molecule has 3 N–H and O–H groups in total. The van der Waals surface area contributed by atoms with Crippen molar-refractivity contribution in [2.75, 3.05) is 11.1 Å². The first-order valence-electron chi connectivity index (χ1n) is 7.45. The zero-order valence-electron chi connectivity index (χ0n) is 12.7. The Labute approximate surface area is 125 Å². The van der Waals surface area contributed by atoms with E-state index in [1.54, 1.807) is 23.3 Å². The molecule has 0 aliphatic carbocycles. The Morgan fingerprint density at radius 2 is 2.10 bits per heavy atom. The van der Waals surface area contributed by atoms with Gasteiger partial charge in [0.2, 0.25) is 17.8 Å². The second-order valence-corrected chi connectivity index (χ2v) is 5.18. The molecule has 2 rings (SSSR count). The largest absolute Gasteiger partial charge is 0.368 e. The number of unbranched alkanes of at least 4 members (excludes halogenated alkanes) is 3. The zero-order valence-corrected chi connectivity index (χ0v) is 12.7. The maximum atomic E-state index is 5.74. The van der Waals surface area contributed by atoms with E-state index in [9.17, 15) is 0 Å². The summed E-state index contributed by atoms with van der Waals surface area (Å²) >= 11 is 0. The lowest BCUT2D eigenvalue weighted by Crippen LogP contribution is -2.19. The number of imidazole rings is 1. The number of rotatable bonds is 8. The molecule has 0 aliphatic heterocycles. The Morgan fingerprint density at radius 1 is 1.24 bits per heavy atom. The molecule has 1 unspecified atom stereocenters. The minimum atomic E-state index is 0.203. The molecule has 0 bridgehead atoms. The second kappa shape index (κ2) is 7.56. The average Bonchev–Trinajstić information content (AvgIpc) is 2.97. The molecule has 1 atom stereocenters. The summed E-state index contributed by atoms with van der Waals surface area (Å²) in [6, 6.07) is 0.305. The van der Waals surface area contributed by atoms with Crippen molar-refractivity contribution in [3.63, 3.8) is 0 Å². The van der Waals surface area contributed by atoms with Gasteiger partial charge in [0, 0.05) is 18.4 Å². The highest BCUT2D eigenvalue weighted by molar-refractivity contribution is 5.35. The summed E-state index contributed by atoms with van der Waals surface area (Å²) in [6.45, 7) is 4.34. The topological polar surface area (TPSA) is 94.5 Å². The van der Waals surface area contributed by atoms with Gasteiger partial charge in [0.15, 0.2) is 0 Å². The van der Waals surface area contributed by atoms with Gasteiger partial charge in [-0.1, -0.05) is 32.6 Å². The van der Waals surface area contributed by atoms with Crippen LogP contribution in [0.15, 0.2) is 18.7 Å². The Balaban J connectivity index is 1.97. The molecule has 0 aromatic carbocycles. The lowest BCUT2D eigenvalue weighted by molar-refractivity contribution is 0.591.